The van der Waals surface area contributed by atoms with Crippen LogP contribution in [0.1, 0.15) is 29.7 Å². The molecule has 2 aromatic rings. The SMILES string of the molecule is CCc1cc([C@H](O)CNO)ccc1OCc1ccccc1. The summed E-state index contributed by atoms with van der Waals surface area (Å²) < 4.78 is 5.86. The summed E-state index contributed by atoms with van der Waals surface area (Å²) in [6.07, 6.45) is 0.0838. The van der Waals surface area contributed by atoms with Gasteiger partial charge in [-0.15, -0.1) is 0 Å². The summed E-state index contributed by atoms with van der Waals surface area (Å²) in [4.78, 5) is 0. The largest absolute Gasteiger partial charge is 0.489 e. The Morgan fingerprint density at radius 2 is 1.90 bits per heavy atom. The molecule has 0 fully saturated rings. The number of rotatable bonds is 7. The van der Waals surface area contributed by atoms with Gasteiger partial charge in [0.05, 0.1) is 12.6 Å². The van der Waals surface area contributed by atoms with Gasteiger partial charge in [-0.1, -0.05) is 43.3 Å². The van der Waals surface area contributed by atoms with E-state index in [1.807, 2.05) is 60.9 Å². The van der Waals surface area contributed by atoms with Crippen LogP contribution in [0.5, 0.6) is 5.75 Å². The quantitative estimate of drug-likeness (QED) is 0.685. The van der Waals surface area contributed by atoms with E-state index in [0.29, 0.717) is 6.61 Å². The predicted molar refractivity (Wildman–Crippen MR) is 81.3 cm³/mol. The summed E-state index contributed by atoms with van der Waals surface area (Å²) in [5.41, 5.74) is 4.91. The highest BCUT2D eigenvalue weighted by Gasteiger charge is 2.10. The Morgan fingerprint density at radius 1 is 1.14 bits per heavy atom. The van der Waals surface area contributed by atoms with Crippen LogP contribution in [0.3, 0.4) is 0 Å². The van der Waals surface area contributed by atoms with Gasteiger partial charge < -0.3 is 15.1 Å². The molecule has 1 atom stereocenters. The van der Waals surface area contributed by atoms with Crippen LogP contribution >= 0.6 is 0 Å². The van der Waals surface area contributed by atoms with Crippen LogP contribution in [0, 0.1) is 0 Å². The third kappa shape index (κ3) is 4.29. The maximum atomic E-state index is 9.88. The molecule has 0 aromatic heterocycles. The summed E-state index contributed by atoms with van der Waals surface area (Å²) in [7, 11) is 0. The van der Waals surface area contributed by atoms with Gasteiger partial charge in [-0.3, -0.25) is 0 Å². The molecule has 21 heavy (non-hydrogen) atoms. The molecule has 0 aliphatic rings. The Morgan fingerprint density at radius 3 is 2.57 bits per heavy atom. The highest BCUT2D eigenvalue weighted by atomic mass is 16.5. The van der Waals surface area contributed by atoms with E-state index < -0.39 is 6.10 Å². The van der Waals surface area contributed by atoms with Gasteiger partial charge in [0.1, 0.15) is 12.4 Å². The van der Waals surface area contributed by atoms with Gasteiger partial charge in [0.25, 0.3) is 0 Å². The van der Waals surface area contributed by atoms with Gasteiger partial charge in [0, 0.05) is 0 Å². The molecule has 0 heterocycles. The molecule has 0 aliphatic carbocycles. The minimum atomic E-state index is -0.733. The fraction of sp³-hybridized carbons (Fsp3) is 0.294. The highest BCUT2D eigenvalue weighted by Crippen LogP contribution is 2.25. The van der Waals surface area contributed by atoms with Crippen molar-refractivity contribution >= 4 is 0 Å². The van der Waals surface area contributed by atoms with Crippen molar-refractivity contribution in [1.29, 1.82) is 0 Å². The van der Waals surface area contributed by atoms with Crippen LogP contribution in [0.2, 0.25) is 0 Å². The van der Waals surface area contributed by atoms with E-state index >= 15 is 0 Å². The van der Waals surface area contributed by atoms with Crippen molar-refractivity contribution in [2.45, 2.75) is 26.1 Å². The van der Waals surface area contributed by atoms with Crippen LogP contribution in [0.4, 0.5) is 0 Å². The molecule has 2 rings (SSSR count). The lowest BCUT2D eigenvalue weighted by Crippen LogP contribution is -2.17. The second-order valence-corrected chi connectivity index (χ2v) is 4.87. The first-order valence-corrected chi connectivity index (χ1v) is 7.09. The lowest BCUT2D eigenvalue weighted by molar-refractivity contribution is 0.0920. The molecule has 0 saturated heterocycles. The molecule has 2 aromatic carbocycles. The molecular weight excluding hydrogens is 266 g/mol. The zero-order valence-electron chi connectivity index (χ0n) is 12.1. The number of hydrogen-bond donors (Lipinski definition) is 3. The van der Waals surface area contributed by atoms with E-state index in [0.717, 1.165) is 28.9 Å². The number of benzene rings is 2. The van der Waals surface area contributed by atoms with Gasteiger partial charge in [0.15, 0.2) is 0 Å². The molecule has 0 aliphatic heterocycles. The molecule has 0 unspecified atom stereocenters. The molecule has 0 amide bonds. The van der Waals surface area contributed by atoms with Crippen molar-refractivity contribution < 1.29 is 15.1 Å². The summed E-state index contributed by atoms with van der Waals surface area (Å²) in [6.45, 7) is 2.67. The molecule has 4 heteroatoms. The third-order valence-corrected chi connectivity index (χ3v) is 3.37. The van der Waals surface area contributed by atoms with E-state index in [9.17, 15) is 5.11 Å². The number of nitrogens with one attached hydrogen (secondary N) is 1. The molecule has 0 spiro atoms. The Bertz CT molecular complexity index is 557. The van der Waals surface area contributed by atoms with Gasteiger partial charge in [-0.05, 0) is 35.2 Å². The van der Waals surface area contributed by atoms with E-state index in [4.69, 9.17) is 9.94 Å². The number of aliphatic hydroxyl groups is 1. The second kappa shape index (κ2) is 7.78. The number of aliphatic hydroxyl groups excluding tert-OH is 1. The second-order valence-electron chi connectivity index (χ2n) is 4.87. The minimum absolute atomic E-state index is 0.105. The lowest BCUT2D eigenvalue weighted by atomic mass is 10.0. The lowest BCUT2D eigenvalue weighted by Gasteiger charge is -2.15. The zero-order chi connectivity index (χ0) is 15.1. The third-order valence-electron chi connectivity index (χ3n) is 3.37. The van der Waals surface area contributed by atoms with E-state index in [1.165, 1.54) is 0 Å². The smallest absolute Gasteiger partial charge is 0.123 e. The molecule has 0 bridgehead atoms. The number of hydrogen-bond acceptors (Lipinski definition) is 4. The van der Waals surface area contributed by atoms with Crippen molar-refractivity contribution in [3.63, 3.8) is 0 Å². The van der Waals surface area contributed by atoms with Crippen LogP contribution in [-0.2, 0) is 13.0 Å². The molecule has 0 radical (unpaired) electrons. The zero-order valence-corrected chi connectivity index (χ0v) is 12.1. The Balaban J connectivity index is 2.09. The summed E-state index contributed by atoms with van der Waals surface area (Å²) >= 11 is 0. The first kappa shape index (κ1) is 15.5. The minimum Gasteiger partial charge on any atom is -0.489 e. The fourth-order valence-corrected chi connectivity index (χ4v) is 2.16. The first-order chi connectivity index (χ1) is 10.2. The predicted octanol–water partition coefficient (Wildman–Crippen LogP) is 2.84. The molecular formula is C17H21NO3. The van der Waals surface area contributed by atoms with Gasteiger partial charge in [-0.25, -0.2) is 5.48 Å². The summed E-state index contributed by atoms with van der Waals surface area (Å²) in [5.74, 6) is 0.828. The van der Waals surface area contributed by atoms with Crippen LogP contribution in [0.15, 0.2) is 48.5 Å². The summed E-state index contributed by atoms with van der Waals surface area (Å²) in [6, 6.07) is 15.6. The molecule has 4 nitrogen and oxygen atoms in total. The van der Waals surface area contributed by atoms with Crippen molar-refractivity contribution in [2.75, 3.05) is 6.54 Å². The number of ether oxygens (including phenoxy) is 1. The molecule has 0 saturated carbocycles. The van der Waals surface area contributed by atoms with Crippen LogP contribution < -0.4 is 10.2 Å². The van der Waals surface area contributed by atoms with Gasteiger partial charge >= 0.3 is 0 Å². The van der Waals surface area contributed by atoms with Crippen molar-refractivity contribution in [3.05, 3.63) is 65.2 Å². The van der Waals surface area contributed by atoms with E-state index in [1.54, 1.807) is 0 Å². The summed E-state index contributed by atoms with van der Waals surface area (Å²) in [5, 5.41) is 18.5. The van der Waals surface area contributed by atoms with Crippen molar-refractivity contribution in [2.24, 2.45) is 0 Å². The first-order valence-electron chi connectivity index (χ1n) is 7.09. The van der Waals surface area contributed by atoms with Crippen molar-refractivity contribution in [1.82, 2.24) is 5.48 Å². The van der Waals surface area contributed by atoms with Crippen LogP contribution in [0.25, 0.3) is 0 Å². The number of aryl methyl sites for hydroxylation is 1. The normalized spacial score (nSPS) is 12.1. The Labute approximate surface area is 125 Å². The van der Waals surface area contributed by atoms with E-state index in [2.05, 4.69) is 0 Å². The monoisotopic (exact) mass is 287 g/mol. The van der Waals surface area contributed by atoms with Gasteiger partial charge in [-0.2, -0.15) is 0 Å². The average Bonchev–Trinajstić information content (AvgIpc) is 2.54. The number of hydroxylamine groups is 1. The molecule has 3 N–H and O–H groups in total. The maximum Gasteiger partial charge on any atom is 0.123 e. The highest BCUT2D eigenvalue weighted by molar-refractivity contribution is 5.38. The van der Waals surface area contributed by atoms with E-state index in [-0.39, 0.29) is 6.54 Å². The van der Waals surface area contributed by atoms with Crippen LogP contribution in [-0.4, -0.2) is 16.9 Å². The topological polar surface area (TPSA) is 61.7 Å². The Kier molecular flexibility index (Phi) is 5.75. The Hall–Kier alpha value is -1.88. The maximum absolute atomic E-state index is 9.88. The molecule has 112 valence electrons. The van der Waals surface area contributed by atoms with Crippen molar-refractivity contribution in [3.8, 4) is 5.75 Å². The average molecular weight is 287 g/mol. The van der Waals surface area contributed by atoms with Gasteiger partial charge in [0.2, 0.25) is 0 Å². The fourth-order valence-electron chi connectivity index (χ4n) is 2.16. The standard InChI is InChI=1S/C17H21NO3/c1-2-14-10-15(16(19)11-18-20)8-9-17(14)21-12-13-6-4-3-5-7-13/h3-10,16,18-20H,2,11-12H2,1H3/t16-/m1/s1.